The van der Waals surface area contributed by atoms with E-state index in [0.717, 1.165) is 11.3 Å². The summed E-state index contributed by atoms with van der Waals surface area (Å²) in [6.45, 7) is 1.71. The number of rotatable bonds is 7. The van der Waals surface area contributed by atoms with Gasteiger partial charge in [-0.05, 0) is 42.8 Å². The van der Waals surface area contributed by atoms with E-state index in [4.69, 9.17) is 9.47 Å². The lowest BCUT2D eigenvalue weighted by molar-refractivity contribution is -0.123. The van der Waals surface area contributed by atoms with Crippen molar-refractivity contribution >= 4 is 23.2 Å². The first-order chi connectivity index (χ1) is 14.6. The Kier molecular flexibility index (Phi) is 6.89. The normalized spacial score (nSPS) is 10.1. The Balaban J connectivity index is 1.58. The van der Waals surface area contributed by atoms with Gasteiger partial charge in [0.05, 0.1) is 18.4 Å². The van der Waals surface area contributed by atoms with Crippen molar-refractivity contribution in [1.29, 1.82) is 0 Å². The maximum absolute atomic E-state index is 12.6. The molecule has 0 aliphatic carbocycles. The molecule has 0 aromatic heterocycles. The third-order valence-corrected chi connectivity index (χ3v) is 4.33. The highest BCUT2D eigenvalue weighted by atomic mass is 16.5. The average molecular weight is 405 g/mol. The van der Waals surface area contributed by atoms with Crippen LogP contribution in [0.15, 0.2) is 72.8 Å². The largest absolute Gasteiger partial charge is 0.493 e. The van der Waals surface area contributed by atoms with E-state index >= 15 is 0 Å². The van der Waals surface area contributed by atoms with Crippen molar-refractivity contribution in [2.45, 2.75) is 6.92 Å². The van der Waals surface area contributed by atoms with Gasteiger partial charge in [0.2, 0.25) is 0 Å². The van der Waals surface area contributed by atoms with E-state index in [-0.39, 0.29) is 6.61 Å². The lowest BCUT2D eigenvalue weighted by Crippen LogP contribution is -2.44. The number of ether oxygens (including phenoxy) is 2. The van der Waals surface area contributed by atoms with Gasteiger partial charge in [-0.3, -0.25) is 20.4 Å². The predicted octanol–water partition coefficient (Wildman–Crippen LogP) is 3.59. The molecular formula is C23H23N3O4. The Hall–Kier alpha value is -4.00. The zero-order valence-electron chi connectivity index (χ0n) is 16.8. The van der Waals surface area contributed by atoms with Crippen molar-refractivity contribution in [2.24, 2.45) is 0 Å². The molecule has 7 heteroatoms. The minimum Gasteiger partial charge on any atom is -0.493 e. The minimum atomic E-state index is -0.501. The van der Waals surface area contributed by atoms with Crippen molar-refractivity contribution in [3.8, 4) is 11.5 Å². The van der Waals surface area contributed by atoms with Crippen molar-refractivity contribution in [1.82, 2.24) is 10.9 Å². The van der Waals surface area contributed by atoms with E-state index in [9.17, 15) is 9.59 Å². The lowest BCUT2D eigenvalue weighted by atomic mass is 10.1. The van der Waals surface area contributed by atoms with Crippen molar-refractivity contribution in [3.05, 3.63) is 83.9 Å². The number of para-hydroxylation sites is 4. The molecule has 3 aromatic rings. The van der Waals surface area contributed by atoms with Crippen LogP contribution in [0, 0.1) is 6.92 Å². The van der Waals surface area contributed by atoms with Crippen LogP contribution < -0.4 is 25.6 Å². The number of amides is 2. The maximum atomic E-state index is 12.6. The Morgan fingerprint density at radius 1 is 0.800 bits per heavy atom. The molecule has 7 nitrogen and oxygen atoms in total. The van der Waals surface area contributed by atoms with Gasteiger partial charge in [0.25, 0.3) is 11.8 Å². The molecule has 2 amide bonds. The van der Waals surface area contributed by atoms with Gasteiger partial charge in [-0.1, -0.05) is 42.5 Å². The highest BCUT2D eigenvalue weighted by Crippen LogP contribution is 2.25. The summed E-state index contributed by atoms with van der Waals surface area (Å²) in [5, 5.41) is 3.26. The topological polar surface area (TPSA) is 88.7 Å². The van der Waals surface area contributed by atoms with E-state index in [0.29, 0.717) is 22.7 Å². The van der Waals surface area contributed by atoms with Gasteiger partial charge >= 0.3 is 0 Å². The van der Waals surface area contributed by atoms with Gasteiger partial charge in [0, 0.05) is 5.69 Å². The predicted molar refractivity (Wildman–Crippen MR) is 115 cm³/mol. The smallest absolute Gasteiger partial charge is 0.276 e. The molecule has 0 atom stereocenters. The first-order valence-electron chi connectivity index (χ1n) is 9.35. The first-order valence-corrected chi connectivity index (χ1v) is 9.35. The Morgan fingerprint density at radius 3 is 2.17 bits per heavy atom. The molecule has 0 unspecified atom stereocenters. The van der Waals surface area contributed by atoms with Crippen LogP contribution in [0.25, 0.3) is 0 Å². The van der Waals surface area contributed by atoms with Crippen LogP contribution in [0.2, 0.25) is 0 Å². The molecule has 0 bridgehead atoms. The van der Waals surface area contributed by atoms with Crippen LogP contribution in [0.4, 0.5) is 11.4 Å². The number of carbonyl (C=O) groups is 2. The van der Waals surface area contributed by atoms with Crippen LogP contribution in [-0.4, -0.2) is 25.5 Å². The van der Waals surface area contributed by atoms with E-state index in [2.05, 4.69) is 16.2 Å². The lowest BCUT2D eigenvalue weighted by Gasteiger charge is -2.14. The molecule has 0 heterocycles. The number of nitrogens with one attached hydrogen (secondary N) is 3. The van der Waals surface area contributed by atoms with Gasteiger partial charge in [0.15, 0.2) is 18.1 Å². The highest BCUT2D eigenvalue weighted by molar-refractivity contribution is 6.01. The summed E-state index contributed by atoms with van der Waals surface area (Å²) in [7, 11) is 1.52. The number of benzene rings is 3. The number of carbonyl (C=O) groups excluding carboxylic acids is 2. The molecule has 154 valence electrons. The van der Waals surface area contributed by atoms with Crippen LogP contribution >= 0.6 is 0 Å². The van der Waals surface area contributed by atoms with Gasteiger partial charge in [-0.25, -0.2) is 0 Å². The fourth-order valence-electron chi connectivity index (χ4n) is 2.76. The summed E-state index contributed by atoms with van der Waals surface area (Å²) in [6.07, 6.45) is 0. The molecule has 0 spiro atoms. The van der Waals surface area contributed by atoms with Crippen LogP contribution in [-0.2, 0) is 4.79 Å². The standard InChI is InChI=1S/C23H23N3O4/c1-16-9-3-5-11-18(16)24-19-12-6-4-10-17(19)23(28)26-25-22(27)15-30-21-14-8-7-13-20(21)29-2/h3-14,24H,15H2,1-2H3,(H,25,27)(H,26,28). The Bertz CT molecular complexity index is 1040. The number of hydrazine groups is 1. The summed E-state index contributed by atoms with van der Waals surface area (Å²) in [4.78, 5) is 24.7. The van der Waals surface area contributed by atoms with Gasteiger partial charge in [-0.15, -0.1) is 0 Å². The molecule has 30 heavy (non-hydrogen) atoms. The average Bonchev–Trinajstić information content (AvgIpc) is 2.78. The number of methoxy groups -OCH3 is 1. The van der Waals surface area contributed by atoms with Crippen LogP contribution in [0.1, 0.15) is 15.9 Å². The van der Waals surface area contributed by atoms with E-state index in [1.54, 1.807) is 42.5 Å². The summed E-state index contributed by atoms with van der Waals surface area (Å²) in [6, 6.07) is 21.8. The van der Waals surface area contributed by atoms with E-state index in [1.807, 2.05) is 37.3 Å². The summed E-state index contributed by atoms with van der Waals surface area (Å²) in [5.74, 6) is 0.00993. The van der Waals surface area contributed by atoms with Crippen molar-refractivity contribution in [2.75, 3.05) is 19.0 Å². The molecule has 3 aromatic carbocycles. The van der Waals surface area contributed by atoms with Gasteiger partial charge in [-0.2, -0.15) is 0 Å². The first kappa shape index (κ1) is 20.7. The molecule has 3 rings (SSSR count). The highest BCUT2D eigenvalue weighted by Gasteiger charge is 2.13. The molecule has 0 radical (unpaired) electrons. The summed E-state index contributed by atoms with van der Waals surface area (Å²) >= 11 is 0. The van der Waals surface area contributed by atoms with Gasteiger partial charge < -0.3 is 14.8 Å². The van der Waals surface area contributed by atoms with Gasteiger partial charge in [0.1, 0.15) is 0 Å². The van der Waals surface area contributed by atoms with E-state index < -0.39 is 11.8 Å². The quantitative estimate of drug-likeness (QED) is 0.523. The Morgan fingerprint density at radius 2 is 1.43 bits per heavy atom. The second kappa shape index (κ2) is 9.97. The summed E-state index contributed by atoms with van der Waals surface area (Å²) < 4.78 is 10.6. The summed E-state index contributed by atoms with van der Waals surface area (Å²) in [5.41, 5.74) is 7.74. The number of anilines is 2. The van der Waals surface area contributed by atoms with Crippen molar-refractivity contribution in [3.63, 3.8) is 0 Å². The SMILES string of the molecule is COc1ccccc1OCC(=O)NNC(=O)c1ccccc1Nc1ccccc1C. The number of hydrogen-bond acceptors (Lipinski definition) is 5. The van der Waals surface area contributed by atoms with Crippen LogP contribution in [0.5, 0.6) is 11.5 Å². The molecule has 3 N–H and O–H groups in total. The third-order valence-electron chi connectivity index (χ3n) is 4.33. The molecule has 0 aliphatic rings. The number of hydrogen-bond donors (Lipinski definition) is 3. The minimum absolute atomic E-state index is 0.274. The third kappa shape index (κ3) is 5.29. The molecular weight excluding hydrogens is 382 g/mol. The fraction of sp³-hybridized carbons (Fsp3) is 0.130. The second-order valence-corrected chi connectivity index (χ2v) is 6.43. The van der Waals surface area contributed by atoms with Crippen molar-refractivity contribution < 1.29 is 19.1 Å². The van der Waals surface area contributed by atoms with Crippen LogP contribution in [0.3, 0.4) is 0 Å². The molecule has 0 saturated carbocycles. The fourth-order valence-corrected chi connectivity index (χ4v) is 2.76. The monoisotopic (exact) mass is 405 g/mol. The molecule has 0 fully saturated rings. The zero-order chi connectivity index (χ0) is 21.3. The number of aryl methyl sites for hydroxylation is 1. The molecule has 0 saturated heterocycles. The maximum Gasteiger partial charge on any atom is 0.276 e. The Labute approximate surface area is 175 Å². The zero-order valence-corrected chi connectivity index (χ0v) is 16.8. The molecule has 0 aliphatic heterocycles. The van der Waals surface area contributed by atoms with E-state index in [1.165, 1.54) is 7.11 Å². The second-order valence-electron chi connectivity index (χ2n) is 6.43.